The Hall–Kier alpha value is -3.73. The number of carbonyl (C=O) groups excluding carboxylic acids is 2. The first-order valence-electron chi connectivity index (χ1n) is 9.25. The van der Waals surface area contributed by atoms with Crippen LogP contribution in [0.2, 0.25) is 0 Å². The molecule has 1 aliphatic rings. The van der Waals surface area contributed by atoms with Crippen LogP contribution in [-0.4, -0.2) is 23.8 Å². The van der Waals surface area contributed by atoms with E-state index in [2.05, 4.69) is 0 Å². The van der Waals surface area contributed by atoms with E-state index in [1.807, 2.05) is 36.4 Å². The van der Waals surface area contributed by atoms with Gasteiger partial charge in [0.2, 0.25) is 0 Å². The minimum Gasteiger partial charge on any atom is -0.365 e. The minimum atomic E-state index is -0.414. The lowest BCUT2D eigenvalue weighted by atomic mass is 10.0. The van der Waals surface area contributed by atoms with Gasteiger partial charge in [-0.15, -0.1) is 0 Å². The Labute approximate surface area is 168 Å². The number of nitrogens with zero attached hydrogens (tertiary/aromatic N) is 2. The van der Waals surface area contributed by atoms with Crippen LogP contribution in [-0.2, 0) is 16.1 Å². The molecule has 29 heavy (non-hydrogen) atoms. The highest BCUT2D eigenvalue weighted by Gasteiger charge is 2.41. The molecule has 2 amide bonds. The van der Waals surface area contributed by atoms with Crippen molar-refractivity contribution in [2.45, 2.75) is 6.54 Å². The van der Waals surface area contributed by atoms with Gasteiger partial charge in [0, 0.05) is 13.6 Å². The molecule has 0 atom stereocenters. The summed E-state index contributed by atoms with van der Waals surface area (Å²) in [5, 5.41) is 0. The lowest BCUT2D eigenvalue weighted by molar-refractivity contribution is -0.120. The third-order valence-electron chi connectivity index (χ3n) is 4.85. The zero-order valence-corrected chi connectivity index (χ0v) is 15.9. The van der Waals surface area contributed by atoms with Crippen molar-refractivity contribution in [2.24, 2.45) is 0 Å². The van der Waals surface area contributed by atoms with Crippen molar-refractivity contribution in [1.82, 2.24) is 4.90 Å². The first-order valence-corrected chi connectivity index (χ1v) is 9.25. The largest absolute Gasteiger partial charge is 0.365 e. The number of hydrogen-bond donors (Lipinski definition) is 0. The van der Waals surface area contributed by atoms with E-state index in [9.17, 15) is 14.0 Å². The van der Waals surface area contributed by atoms with Gasteiger partial charge in [-0.05, 0) is 35.4 Å². The Morgan fingerprint density at radius 2 is 1.38 bits per heavy atom. The van der Waals surface area contributed by atoms with Crippen LogP contribution in [0.3, 0.4) is 0 Å². The fraction of sp³-hybridized carbons (Fsp3) is 0.0833. The number of hydrogen-bond acceptors (Lipinski definition) is 3. The molecule has 3 aromatic rings. The second kappa shape index (κ2) is 7.72. The Bertz CT molecular complexity index is 1080. The standard InChI is InChI=1S/C24H19FN2O2/c1-26(16-17-8-4-2-5-9-17)22-21(18-12-14-19(25)15-13-18)23(28)27(24(22)29)20-10-6-3-7-11-20/h2-15H,16H2,1H3. The van der Waals surface area contributed by atoms with Crippen molar-refractivity contribution in [3.8, 4) is 0 Å². The van der Waals surface area contributed by atoms with Gasteiger partial charge < -0.3 is 4.90 Å². The molecule has 0 saturated carbocycles. The molecule has 4 rings (SSSR count). The van der Waals surface area contributed by atoms with Crippen molar-refractivity contribution in [1.29, 1.82) is 0 Å². The summed E-state index contributed by atoms with van der Waals surface area (Å²) >= 11 is 0. The number of likely N-dealkylation sites (N-methyl/N-ethyl adjacent to an activating group) is 1. The average Bonchev–Trinajstić information content (AvgIpc) is 3.00. The van der Waals surface area contributed by atoms with Gasteiger partial charge in [-0.2, -0.15) is 0 Å². The van der Waals surface area contributed by atoms with Crippen LogP contribution in [0.5, 0.6) is 0 Å². The van der Waals surface area contributed by atoms with E-state index in [-0.39, 0.29) is 11.5 Å². The van der Waals surface area contributed by atoms with E-state index < -0.39 is 11.7 Å². The molecule has 0 N–H and O–H groups in total. The molecule has 0 aliphatic carbocycles. The molecule has 0 spiro atoms. The van der Waals surface area contributed by atoms with E-state index in [0.29, 0.717) is 23.5 Å². The quantitative estimate of drug-likeness (QED) is 0.616. The summed E-state index contributed by atoms with van der Waals surface area (Å²) < 4.78 is 13.4. The minimum absolute atomic E-state index is 0.275. The Morgan fingerprint density at radius 1 is 0.793 bits per heavy atom. The summed E-state index contributed by atoms with van der Waals surface area (Å²) in [7, 11) is 1.78. The highest BCUT2D eigenvalue weighted by Crippen LogP contribution is 2.34. The predicted molar refractivity (Wildman–Crippen MR) is 110 cm³/mol. The second-order valence-corrected chi connectivity index (χ2v) is 6.85. The number of rotatable bonds is 5. The SMILES string of the molecule is CN(Cc1ccccc1)C1=C(c2ccc(F)cc2)C(=O)N(c2ccccc2)C1=O. The summed E-state index contributed by atoms with van der Waals surface area (Å²) in [6, 6.07) is 24.2. The van der Waals surface area contributed by atoms with E-state index in [1.54, 1.807) is 36.2 Å². The van der Waals surface area contributed by atoms with Gasteiger partial charge in [-0.1, -0.05) is 60.7 Å². The molecule has 5 heteroatoms. The van der Waals surface area contributed by atoms with Crippen molar-refractivity contribution >= 4 is 23.1 Å². The van der Waals surface area contributed by atoms with E-state index in [1.165, 1.54) is 29.2 Å². The van der Waals surface area contributed by atoms with Crippen LogP contribution >= 0.6 is 0 Å². The van der Waals surface area contributed by atoms with Crippen LogP contribution in [0.1, 0.15) is 11.1 Å². The lowest BCUT2D eigenvalue weighted by Crippen LogP contribution is -2.34. The topological polar surface area (TPSA) is 40.6 Å². The summed E-state index contributed by atoms with van der Waals surface area (Å²) in [4.78, 5) is 29.6. The molecule has 0 unspecified atom stereocenters. The number of imide groups is 1. The zero-order valence-electron chi connectivity index (χ0n) is 15.9. The molecule has 4 nitrogen and oxygen atoms in total. The Morgan fingerprint density at radius 3 is 2.00 bits per heavy atom. The lowest BCUT2D eigenvalue weighted by Gasteiger charge is -2.21. The van der Waals surface area contributed by atoms with Crippen LogP contribution < -0.4 is 4.90 Å². The van der Waals surface area contributed by atoms with E-state index in [0.717, 1.165) is 5.56 Å². The Balaban J connectivity index is 1.80. The zero-order chi connectivity index (χ0) is 20.4. The van der Waals surface area contributed by atoms with Gasteiger partial charge in [0.25, 0.3) is 11.8 Å². The number of carbonyl (C=O) groups is 2. The summed E-state index contributed by atoms with van der Waals surface area (Å²) in [5.41, 5.74) is 2.61. The van der Waals surface area contributed by atoms with Gasteiger partial charge in [0.05, 0.1) is 11.3 Å². The van der Waals surface area contributed by atoms with Gasteiger partial charge >= 0.3 is 0 Å². The van der Waals surface area contributed by atoms with Crippen molar-refractivity contribution < 1.29 is 14.0 Å². The van der Waals surface area contributed by atoms with E-state index >= 15 is 0 Å². The first-order chi connectivity index (χ1) is 14.1. The number of para-hydroxylation sites is 1. The van der Waals surface area contributed by atoms with Gasteiger partial charge in [0.15, 0.2) is 0 Å². The van der Waals surface area contributed by atoms with Gasteiger partial charge in [0.1, 0.15) is 11.5 Å². The average molecular weight is 386 g/mol. The highest BCUT2D eigenvalue weighted by molar-refractivity contribution is 6.45. The van der Waals surface area contributed by atoms with Gasteiger partial charge in [-0.25, -0.2) is 9.29 Å². The van der Waals surface area contributed by atoms with Crippen molar-refractivity contribution in [3.05, 3.63) is 108 Å². The smallest absolute Gasteiger partial charge is 0.282 e. The van der Waals surface area contributed by atoms with Crippen LogP contribution in [0.15, 0.2) is 90.6 Å². The second-order valence-electron chi connectivity index (χ2n) is 6.85. The third-order valence-corrected chi connectivity index (χ3v) is 4.85. The fourth-order valence-corrected chi connectivity index (χ4v) is 3.50. The molecule has 0 fully saturated rings. The molecule has 3 aromatic carbocycles. The predicted octanol–water partition coefficient (Wildman–Crippen LogP) is 4.24. The molecule has 0 bridgehead atoms. The number of halogens is 1. The van der Waals surface area contributed by atoms with Crippen LogP contribution in [0.4, 0.5) is 10.1 Å². The molecular weight excluding hydrogens is 367 g/mol. The van der Waals surface area contributed by atoms with Crippen molar-refractivity contribution in [3.63, 3.8) is 0 Å². The number of benzene rings is 3. The van der Waals surface area contributed by atoms with E-state index in [4.69, 9.17) is 0 Å². The maximum Gasteiger partial charge on any atom is 0.282 e. The summed E-state index contributed by atoms with van der Waals surface area (Å²) in [6.45, 7) is 0.461. The molecule has 1 heterocycles. The fourth-order valence-electron chi connectivity index (χ4n) is 3.50. The molecule has 0 aromatic heterocycles. The third kappa shape index (κ3) is 3.55. The van der Waals surface area contributed by atoms with Crippen LogP contribution in [0.25, 0.3) is 5.57 Å². The first kappa shape index (κ1) is 18.6. The van der Waals surface area contributed by atoms with Gasteiger partial charge in [-0.3, -0.25) is 9.59 Å². The molecule has 0 radical (unpaired) electrons. The summed E-state index contributed by atoms with van der Waals surface area (Å²) in [6.07, 6.45) is 0. The normalized spacial score (nSPS) is 13.9. The Kier molecular flexibility index (Phi) is 4.96. The monoisotopic (exact) mass is 386 g/mol. The summed E-state index contributed by atoms with van der Waals surface area (Å²) in [5.74, 6) is -1.20. The van der Waals surface area contributed by atoms with Crippen LogP contribution in [0, 0.1) is 5.82 Å². The molecular formula is C24H19FN2O2. The number of amides is 2. The molecule has 1 aliphatic heterocycles. The van der Waals surface area contributed by atoms with Crippen molar-refractivity contribution in [2.75, 3.05) is 11.9 Å². The number of anilines is 1. The maximum atomic E-state index is 13.4. The maximum absolute atomic E-state index is 13.4. The highest BCUT2D eigenvalue weighted by atomic mass is 19.1. The molecule has 144 valence electrons. The molecule has 0 saturated heterocycles.